The van der Waals surface area contributed by atoms with E-state index in [4.69, 9.17) is 0 Å². The van der Waals surface area contributed by atoms with Crippen LogP contribution in [0.5, 0.6) is 0 Å². The van der Waals surface area contributed by atoms with Crippen LogP contribution in [0.2, 0.25) is 0 Å². The molecule has 0 spiro atoms. The summed E-state index contributed by atoms with van der Waals surface area (Å²) in [6, 6.07) is 6.62. The summed E-state index contributed by atoms with van der Waals surface area (Å²) in [5.74, 6) is 1.13. The zero-order valence-electron chi connectivity index (χ0n) is 18.7. The molecule has 0 radical (unpaired) electrons. The number of carbonyl (C=O) groups excluding carboxylic acids is 1. The SMILES string of the molecule is CC(C)[C@H]1CNC(=O)N1c1ccnc(NC2(c3cn(-c4cccc(C(F)(F)F)c4)cn3)CC2)n1. The maximum atomic E-state index is 13.1. The number of urea groups is 1. The van der Waals surface area contributed by atoms with Gasteiger partial charge in [-0.05, 0) is 43.0 Å². The van der Waals surface area contributed by atoms with Crippen LogP contribution in [0.15, 0.2) is 49.1 Å². The third-order valence-electron chi connectivity index (χ3n) is 6.32. The predicted octanol–water partition coefficient (Wildman–Crippen LogP) is 4.34. The van der Waals surface area contributed by atoms with Gasteiger partial charge in [-0.15, -0.1) is 0 Å². The Balaban J connectivity index is 1.38. The predicted molar refractivity (Wildman–Crippen MR) is 120 cm³/mol. The van der Waals surface area contributed by atoms with E-state index >= 15 is 0 Å². The zero-order chi connectivity index (χ0) is 24.1. The summed E-state index contributed by atoms with van der Waals surface area (Å²) in [4.78, 5) is 27.4. The minimum absolute atomic E-state index is 0.00621. The second-order valence-electron chi connectivity index (χ2n) is 9.03. The number of amides is 2. The summed E-state index contributed by atoms with van der Waals surface area (Å²) in [5.41, 5.74) is -0.147. The van der Waals surface area contributed by atoms with E-state index in [-0.39, 0.29) is 18.0 Å². The number of carbonyl (C=O) groups is 1. The fourth-order valence-electron chi connectivity index (χ4n) is 4.21. The molecule has 2 amide bonds. The first-order chi connectivity index (χ1) is 16.2. The summed E-state index contributed by atoms with van der Waals surface area (Å²) in [6.45, 7) is 4.66. The molecule has 178 valence electrons. The molecule has 1 aliphatic heterocycles. The first-order valence-electron chi connectivity index (χ1n) is 11.1. The maximum Gasteiger partial charge on any atom is 0.416 e. The Morgan fingerprint density at radius 3 is 2.71 bits per heavy atom. The van der Waals surface area contributed by atoms with Crippen LogP contribution in [0.3, 0.4) is 0 Å². The molecule has 1 aliphatic carbocycles. The monoisotopic (exact) mass is 471 g/mol. The lowest BCUT2D eigenvalue weighted by molar-refractivity contribution is -0.137. The number of hydrogen-bond acceptors (Lipinski definition) is 5. The number of hydrogen-bond donors (Lipinski definition) is 2. The molecule has 3 aromatic rings. The van der Waals surface area contributed by atoms with Crippen molar-refractivity contribution in [3.8, 4) is 5.69 Å². The van der Waals surface area contributed by atoms with Gasteiger partial charge in [-0.3, -0.25) is 4.90 Å². The molecular formula is C23H24F3N7O. The third kappa shape index (κ3) is 4.06. The molecule has 0 bridgehead atoms. The Morgan fingerprint density at radius 2 is 2.00 bits per heavy atom. The minimum Gasteiger partial charge on any atom is -0.343 e. The molecule has 2 fully saturated rings. The van der Waals surface area contributed by atoms with Gasteiger partial charge in [-0.2, -0.15) is 18.2 Å². The van der Waals surface area contributed by atoms with Crippen molar-refractivity contribution in [1.82, 2.24) is 24.8 Å². The van der Waals surface area contributed by atoms with Gasteiger partial charge < -0.3 is 15.2 Å². The lowest BCUT2D eigenvalue weighted by atomic mass is 10.0. The lowest BCUT2D eigenvalue weighted by Gasteiger charge is -2.25. The van der Waals surface area contributed by atoms with Crippen molar-refractivity contribution in [3.63, 3.8) is 0 Å². The highest BCUT2D eigenvalue weighted by Crippen LogP contribution is 2.47. The first kappa shape index (κ1) is 22.2. The Kier molecular flexibility index (Phi) is 5.22. The maximum absolute atomic E-state index is 13.1. The van der Waals surface area contributed by atoms with Gasteiger partial charge in [0.2, 0.25) is 5.95 Å². The van der Waals surface area contributed by atoms with Crippen molar-refractivity contribution >= 4 is 17.8 Å². The number of benzene rings is 1. The largest absolute Gasteiger partial charge is 0.416 e. The van der Waals surface area contributed by atoms with Crippen molar-refractivity contribution in [2.24, 2.45) is 5.92 Å². The van der Waals surface area contributed by atoms with Crippen LogP contribution in [0.25, 0.3) is 5.69 Å². The number of alkyl halides is 3. The molecule has 0 unspecified atom stereocenters. The summed E-state index contributed by atoms with van der Waals surface area (Å²) >= 11 is 0. The number of aromatic nitrogens is 4. The van der Waals surface area contributed by atoms with Crippen LogP contribution in [0, 0.1) is 5.92 Å². The van der Waals surface area contributed by atoms with Crippen molar-refractivity contribution in [2.45, 2.75) is 44.4 Å². The Bertz CT molecular complexity index is 1220. The number of halogens is 3. The first-order valence-corrected chi connectivity index (χ1v) is 11.1. The molecule has 34 heavy (non-hydrogen) atoms. The van der Waals surface area contributed by atoms with Crippen LogP contribution in [-0.4, -0.2) is 38.1 Å². The Labute approximate surface area is 194 Å². The number of anilines is 2. The van der Waals surface area contributed by atoms with E-state index < -0.39 is 17.3 Å². The normalized spacial score (nSPS) is 19.4. The van der Waals surface area contributed by atoms with E-state index in [1.54, 1.807) is 34.0 Å². The average Bonchev–Trinajstić information content (AvgIpc) is 3.21. The van der Waals surface area contributed by atoms with Crippen molar-refractivity contribution in [3.05, 3.63) is 60.3 Å². The zero-order valence-corrected chi connectivity index (χ0v) is 18.7. The van der Waals surface area contributed by atoms with Gasteiger partial charge in [0.1, 0.15) is 5.82 Å². The fourth-order valence-corrected chi connectivity index (χ4v) is 4.21. The van der Waals surface area contributed by atoms with Crippen LogP contribution in [-0.2, 0) is 11.7 Å². The second-order valence-corrected chi connectivity index (χ2v) is 9.03. The van der Waals surface area contributed by atoms with E-state index in [9.17, 15) is 18.0 Å². The molecule has 1 aromatic carbocycles. The molecular weight excluding hydrogens is 447 g/mol. The van der Waals surface area contributed by atoms with E-state index in [1.165, 1.54) is 12.4 Å². The minimum atomic E-state index is -4.41. The second kappa shape index (κ2) is 8.00. The van der Waals surface area contributed by atoms with E-state index in [0.717, 1.165) is 25.0 Å². The quantitative estimate of drug-likeness (QED) is 0.559. The molecule has 2 aromatic heterocycles. The number of nitrogens with zero attached hydrogens (tertiary/aromatic N) is 5. The van der Waals surface area contributed by atoms with Crippen LogP contribution < -0.4 is 15.5 Å². The van der Waals surface area contributed by atoms with Crippen molar-refractivity contribution < 1.29 is 18.0 Å². The van der Waals surface area contributed by atoms with Gasteiger partial charge >= 0.3 is 12.2 Å². The summed E-state index contributed by atoms with van der Waals surface area (Å²) in [7, 11) is 0. The highest BCUT2D eigenvalue weighted by molar-refractivity contribution is 5.94. The molecule has 2 N–H and O–H groups in total. The van der Waals surface area contributed by atoms with Crippen LogP contribution >= 0.6 is 0 Å². The number of rotatable bonds is 6. The van der Waals surface area contributed by atoms with E-state index in [0.29, 0.717) is 29.7 Å². The van der Waals surface area contributed by atoms with Gasteiger partial charge in [0.15, 0.2) is 0 Å². The van der Waals surface area contributed by atoms with Crippen LogP contribution in [0.1, 0.15) is 37.9 Å². The van der Waals surface area contributed by atoms with Crippen molar-refractivity contribution in [2.75, 3.05) is 16.8 Å². The molecule has 1 saturated carbocycles. The number of nitrogens with one attached hydrogen (secondary N) is 2. The molecule has 2 aliphatic rings. The van der Waals surface area contributed by atoms with Crippen molar-refractivity contribution in [1.29, 1.82) is 0 Å². The van der Waals surface area contributed by atoms with E-state index in [2.05, 4.69) is 39.4 Å². The van der Waals surface area contributed by atoms with E-state index in [1.807, 2.05) is 0 Å². The summed E-state index contributed by atoms with van der Waals surface area (Å²) < 4.78 is 40.8. The van der Waals surface area contributed by atoms with Gasteiger partial charge in [0, 0.05) is 24.6 Å². The highest BCUT2D eigenvalue weighted by Gasteiger charge is 2.47. The molecule has 1 atom stereocenters. The molecule has 5 rings (SSSR count). The van der Waals surface area contributed by atoms with Gasteiger partial charge in [-0.25, -0.2) is 14.8 Å². The standard InChI is InChI=1S/C23H24F3N7O/c1-14(2)17-11-28-21(34)33(17)19-6-9-27-20(30-19)31-22(7-8-22)18-12-32(13-29-18)16-5-3-4-15(10-16)23(24,25)26/h3-6,9-10,12-14,17H,7-8,11H2,1-2H3,(H,28,34)(H,27,30,31)/t17-/m1/s1. The Morgan fingerprint density at radius 1 is 1.21 bits per heavy atom. The average molecular weight is 471 g/mol. The number of imidazole rings is 1. The summed E-state index contributed by atoms with van der Waals surface area (Å²) in [6.07, 6.45) is 1.97. The van der Waals surface area contributed by atoms with Gasteiger partial charge in [0.05, 0.1) is 29.2 Å². The highest BCUT2D eigenvalue weighted by atomic mass is 19.4. The summed E-state index contributed by atoms with van der Waals surface area (Å²) in [5, 5.41) is 6.19. The smallest absolute Gasteiger partial charge is 0.343 e. The van der Waals surface area contributed by atoms with Crippen LogP contribution in [0.4, 0.5) is 29.7 Å². The molecule has 1 saturated heterocycles. The lowest BCUT2D eigenvalue weighted by Crippen LogP contribution is -2.38. The molecule has 8 nitrogen and oxygen atoms in total. The Hall–Kier alpha value is -3.63. The fraction of sp³-hybridized carbons (Fsp3) is 0.391. The van der Waals surface area contributed by atoms with Gasteiger partial charge in [0.25, 0.3) is 0 Å². The topological polar surface area (TPSA) is 88.0 Å². The molecule has 3 heterocycles. The third-order valence-corrected chi connectivity index (χ3v) is 6.32. The molecule has 11 heteroatoms. The van der Waals surface area contributed by atoms with Gasteiger partial charge in [-0.1, -0.05) is 19.9 Å².